The Morgan fingerprint density at radius 3 is 2.89 bits per heavy atom. The summed E-state index contributed by atoms with van der Waals surface area (Å²) in [6.45, 7) is 0. The van der Waals surface area contributed by atoms with E-state index in [1.165, 1.54) is 4.21 Å². The molecule has 0 bridgehead atoms. The summed E-state index contributed by atoms with van der Waals surface area (Å²) in [6, 6.07) is 10.1. The van der Waals surface area contributed by atoms with Gasteiger partial charge in [0, 0.05) is 19.7 Å². The Bertz CT molecular complexity index is 691. The van der Waals surface area contributed by atoms with E-state index in [1.807, 2.05) is 24.3 Å². The van der Waals surface area contributed by atoms with E-state index in [0.29, 0.717) is 0 Å². The molecule has 0 radical (unpaired) electrons. The van der Waals surface area contributed by atoms with Crippen molar-refractivity contribution in [2.24, 2.45) is 0 Å². The van der Waals surface area contributed by atoms with E-state index in [1.54, 1.807) is 23.1 Å². The lowest BCUT2D eigenvalue weighted by Gasteiger charge is -1.98. The van der Waals surface area contributed by atoms with Crippen LogP contribution >= 0.6 is 45.7 Å². The molecule has 0 unspecified atom stereocenters. The van der Waals surface area contributed by atoms with Gasteiger partial charge in [0.15, 0.2) is 0 Å². The fourth-order valence-electron chi connectivity index (χ4n) is 1.97. The number of thioether (sulfide) groups is 1. The number of hydrogen-bond donors (Lipinski definition) is 1. The Morgan fingerprint density at radius 2 is 2.16 bits per heavy atom. The highest BCUT2D eigenvalue weighted by molar-refractivity contribution is 14.1. The summed E-state index contributed by atoms with van der Waals surface area (Å²) in [5.41, 5.74) is 2.65. The second-order valence-corrected chi connectivity index (χ2v) is 7.53. The molecule has 19 heavy (non-hydrogen) atoms. The number of rotatable bonds is 2. The zero-order valence-electron chi connectivity index (χ0n) is 10.1. The molecule has 0 spiro atoms. The number of carbonyl (C=O) groups excluding carboxylic acids is 1. The van der Waals surface area contributed by atoms with Crippen LogP contribution in [-0.4, -0.2) is 12.2 Å². The number of anilines is 1. The van der Waals surface area contributed by atoms with Gasteiger partial charge in [-0.1, -0.05) is 0 Å². The SMILES string of the molecule is CSc1ccc(C=C2C(=O)Nc3ccc(I)cc32)s1. The largest absolute Gasteiger partial charge is 0.321 e. The lowest BCUT2D eigenvalue weighted by Crippen LogP contribution is -2.03. The molecule has 0 aliphatic carbocycles. The molecular formula is C14H10INOS2. The van der Waals surface area contributed by atoms with Crippen LogP contribution in [0.15, 0.2) is 34.5 Å². The number of amides is 1. The molecule has 1 aromatic heterocycles. The third-order valence-electron chi connectivity index (χ3n) is 2.85. The van der Waals surface area contributed by atoms with Crippen molar-refractivity contribution in [1.29, 1.82) is 0 Å². The number of benzene rings is 1. The van der Waals surface area contributed by atoms with Gasteiger partial charge in [-0.3, -0.25) is 4.79 Å². The van der Waals surface area contributed by atoms with Gasteiger partial charge in [-0.25, -0.2) is 0 Å². The van der Waals surface area contributed by atoms with Crippen LogP contribution in [0.4, 0.5) is 5.69 Å². The summed E-state index contributed by atoms with van der Waals surface area (Å²) in [4.78, 5) is 13.2. The van der Waals surface area contributed by atoms with Crippen LogP contribution in [0.25, 0.3) is 11.6 Å². The van der Waals surface area contributed by atoms with Gasteiger partial charge in [-0.15, -0.1) is 23.1 Å². The van der Waals surface area contributed by atoms with Crippen LogP contribution in [0, 0.1) is 3.57 Å². The third kappa shape index (κ3) is 2.59. The molecule has 2 nitrogen and oxygen atoms in total. The first-order chi connectivity index (χ1) is 9.17. The van der Waals surface area contributed by atoms with Crippen molar-refractivity contribution in [2.45, 2.75) is 4.21 Å². The molecule has 2 heterocycles. The minimum Gasteiger partial charge on any atom is -0.321 e. The fraction of sp³-hybridized carbons (Fsp3) is 0.0714. The van der Waals surface area contributed by atoms with Crippen molar-refractivity contribution in [1.82, 2.24) is 0 Å². The van der Waals surface area contributed by atoms with Crippen LogP contribution in [0.5, 0.6) is 0 Å². The van der Waals surface area contributed by atoms with E-state index in [4.69, 9.17) is 0 Å². The van der Waals surface area contributed by atoms with Crippen LogP contribution in [0.3, 0.4) is 0 Å². The summed E-state index contributed by atoms with van der Waals surface area (Å²) < 4.78 is 2.39. The number of carbonyl (C=O) groups is 1. The molecule has 2 aromatic rings. The van der Waals surface area contributed by atoms with Crippen molar-refractivity contribution in [3.63, 3.8) is 0 Å². The standard InChI is InChI=1S/C14H10INOS2/c1-18-13-5-3-9(19-13)7-11-10-6-8(15)2-4-12(10)16-14(11)17/h2-7H,1H3,(H,16,17). The highest BCUT2D eigenvalue weighted by Gasteiger charge is 2.24. The summed E-state index contributed by atoms with van der Waals surface area (Å²) in [7, 11) is 0. The van der Waals surface area contributed by atoms with Crippen LogP contribution in [0.1, 0.15) is 10.4 Å². The van der Waals surface area contributed by atoms with E-state index < -0.39 is 0 Å². The molecule has 0 saturated heterocycles. The molecule has 96 valence electrons. The van der Waals surface area contributed by atoms with E-state index >= 15 is 0 Å². The first-order valence-corrected chi connectivity index (χ1v) is 8.76. The number of nitrogens with one attached hydrogen (secondary N) is 1. The summed E-state index contributed by atoms with van der Waals surface area (Å²) >= 11 is 5.69. The average molecular weight is 399 g/mol. The quantitative estimate of drug-likeness (QED) is 0.456. The van der Waals surface area contributed by atoms with Crippen molar-refractivity contribution in [3.05, 3.63) is 44.3 Å². The first kappa shape index (κ1) is 13.2. The summed E-state index contributed by atoms with van der Waals surface area (Å²) in [6.07, 6.45) is 4.03. The molecule has 1 aromatic carbocycles. The third-order valence-corrected chi connectivity index (χ3v) is 5.64. The molecule has 1 aliphatic rings. The zero-order valence-corrected chi connectivity index (χ0v) is 13.9. The fourth-order valence-corrected chi connectivity index (χ4v) is 3.97. The second kappa shape index (κ2) is 5.30. The van der Waals surface area contributed by atoms with Gasteiger partial charge in [-0.2, -0.15) is 0 Å². The van der Waals surface area contributed by atoms with Crippen LogP contribution in [0.2, 0.25) is 0 Å². The smallest absolute Gasteiger partial charge is 0.256 e. The zero-order chi connectivity index (χ0) is 13.4. The topological polar surface area (TPSA) is 29.1 Å². The molecular weight excluding hydrogens is 389 g/mol. The Labute approximate surface area is 133 Å². The highest BCUT2D eigenvalue weighted by atomic mass is 127. The van der Waals surface area contributed by atoms with E-state index in [0.717, 1.165) is 25.3 Å². The number of fused-ring (bicyclic) bond motifs is 1. The van der Waals surface area contributed by atoms with Crippen molar-refractivity contribution < 1.29 is 4.79 Å². The van der Waals surface area contributed by atoms with Crippen molar-refractivity contribution in [2.75, 3.05) is 11.6 Å². The summed E-state index contributed by atoms with van der Waals surface area (Å²) in [5, 5.41) is 2.90. The maximum atomic E-state index is 12.0. The van der Waals surface area contributed by atoms with Crippen LogP contribution < -0.4 is 5.32 Å². The van der Waals surface area contributed by atoms with Crippen molar-refractivity contribution >= 4 is 68.9 Å². The normalized spacial score (nSPS) is 15.7. The molecule has 3 rings (SSSR count). The highest BCUT2D eigenvalue weighted by Crippen LogP contribution is 2.35. The Hall–Kier alpha value is -0.790. The lowest BCUT2D eigenvalue weighted by atomic mass is 10.1. The van der Waals surface area contributed by atoms with Gasteiger partial charge in [0.05, 0.1) is 9.78 Å². The molecule has 1 amide bonds. The van der Waals surface area contributed by atoms with Gasteiger partial charge in [-0.05, 0) is 65.3 Å². The minimum atomic E-state index is -0.0175. The van der Waals surface area contributed by atoms with Crippen molar-refractivity contribution in [3.8, 4) is 0 Å². The second-order valence-electron chi connectivity index (χ2n) is 4.06. The van der Waals surface area contributed by atoms with E-state index in [9.17, 15) is 4.79 Å². The molecule has 5 heteroatoms. The number of halogens is 1. The van der Waals surface area contributed by atoms with Gasteiger partial charge in [0.1, 0.15) is 0 Å². The molecule has 0 atom stereocenters. The first-order valence-electron chi connectivity index (χ1n) is 5.64. The van der Waals surface area contributed by atoms with Crippen LogP contribution in [-0.2, 0) is 4.79 Å². The lowest BCUT2D eigenvalue weighted by molar-refractivity contribution is -0.110. The molecule has 1 N–H and O–H groups in total. The van der Waals surface area contributed by atoms with E-state index in [2.05, 4.69) is 46.3 Å². The number of thiophene rings is 1. The Balaban J connectivity index is 2.06. The monoisotopic (exact) mass is 399 g/mol. The van der Waals surface area contributed by atoms with Gasteiger partial charge < -0.3 is 5.32 Å². The minimum absolute atomic E-state index is 0.0175. The van der Waals surface area contributed by atoms with Gasteiger partial charge in [0.2, 0.25) is 0 Å². The van der Waals surface area contributed by atoms with Gasteiger partial charge in [0.25, 0.3) is 5.91 Å². The van der Waals surface area contributed by atoms with Gasteiger partial charge >= 0.3 is 0 Å². The molecule has 0 fully saturated rings. The predicted molar refractivity (Wildman–Crippen MR) is 91.8 cm³/mol. The Kier molecular flexibility index (Phi) is 3.68. The van der Waals surface area contributed by atoms with E-state index in [-0.39, 0.29) is 5.91 Å². The molecule has 1 aliphatic heterocycles. The maximum Gasteiger partial charge on any atom is 0.256 e. The predicted octanol–water partition coefficient (Wildman–Crippen LogP) is 4.57. The maximum absolute atomic E-state index is 12.0. The average Bonchev–Trinajstić information content (AvgIpc) is 2.96. The summed E-state index contributed by atoms with van der Waals surface area (Å²) in [5.74, 6) is -0.0175. The number of hydrogen-bond acceptors (Lipinski definition) is 3. The Morgan fingerprint density at radius 1 is 1.32 bits per heavy atom. The molecule has 0 saturated carbocycles.